The first-order chi connectivity index (χ1) is 5.79. The minimum Gasteiger partial charge on any atom is -0.567 e. The first-order valence-corrected chi connectivity index (χ1v) is 3.51. The first kappa shape index (κ1) is 8.71. The van der Waals surface area contributed by atoms with Crippen LogP contribution >= 0.6 is 0 Å². The molecule has 0 unspecified atom stereocenters. The molecule has 0 atom stereocenters. The number of para-hydroxylation sites is 1. The van der Waals surface area contributed by atoms with Crippen LogP contribution in [0.1, 0.15) is 10.4 Å². The Morgan fingerprint density at radius 2 is 1.92 bits per heavy atom. The van der Waals surface area contributed by atoms with Crippen LogP contribution in [-0.4, -0.2) is 22.1 Å². The van der Waals surface area contributed by atoms with Crippen molar-refractivity contribution in [3.05, 3.63) is 29.8 Å². The smallest absolute Gasteiger partial charge is 0.326 e. The van der Waals surface area contributed by atoms with E-state index in [9.17, 15) is 4.79 Å². The van der Waals surface area contributed by atoms with E-state index in [1.54, 1.807) is 24.3 Å². The van der Waals surface area contributed by atoms with Crippen LogP contribution in [0.5, 0.6) is 5.75 Å². The maximum Gasteiger partial charge on any atom is 0.326 e. The number of benzene rings is 1. The lowest BCUT2D eigenvalue weighted by atomic mass is 10.2. The van der Waals surface area contributed by atoms with Crippen LogP contribution in [0.2, 0.25) is 0 Å². The standard InChI is InChI=1S/C7H8B2O3/c8-11-6-4-2-1-3-5(6)7(10)12-9/h1-4H,8-9H2. The molecular formula is C7H8B2O3. The summed E-state index contributed by atoms with van der Waals surface area (Å²) in [7, 11) is 2.86. The molecule has 0 aromatic heterocycles. The molecule has 1 aromatic carbocycles. The Labute approximate surface area is 72.6 Å². The summed E-state index contributed by atoms with van der Waals surface area (Å²) in [6.45, 7) is 0. The van der Waals surface area contributed by atoms with E-state index in [0.29, 0.717) is 11.3 Å². The lowest BCUT2D eigenvalue weighted by Crippen LogP contribution is -2.04. The molecule has 3 nitrogen and oxygen atoms in total. The van der Waals surface area contributed by atoms with Crippen LogP contribution in [0.3, 0.4) is 0 Å². The normalized spacial score (nSPS) is 9.00. The topological polar surface area (TPSA) is 35.5 Å². The monoisotopic (exact) mass is 162 g/mol. The summed E-state index contributed by atoms with van der Waals surface area (Å²) in [6.07, 6.45) is 0. The second kappa shape index (κ2) is 3.85. The third-order valence-corrected chi connectivity index (χ3v) is 1.51. The molecule has 1 aromatic rings. The predicted octanol–water partition coefficient (Wildman–Crippen LogP) is -0.682. The van der Waals surface area contributed by atoms with E-state index < -0.39 is 0 Å². The molecule has 0 aliphatic carbocycles. The number of rotatable bonds is 2. The van der Waals surface area contributed by atoms with Gasteiger partial charge in [0.15, 0.2) is 0 Å². The summed E-state index contributed by atoms with van der Waals surface area (Å²) in [5.41, 5.74) is 0.447. The molecule has 0 saturated carbocycles. The minimum absolute atomic E-state index is 0.382. The van der Waals surface area contributed by atoms with Crippen molar-refractivity contribution >= 4 is 22.1 Å². The van der Waals surface area contributed by atoms with Crippen LogP contribution in [0.15, 0.2) is 24.3 Å². The average molecular weight is 162 g/mol. The number of carbonyl (C=O) groups excluding carboxylic acids is 1. The molecule has 0 bridgehead atoms. The summed E-state index contributed by atoms with van der Waals surface area (Å²) in [4.78, 5) is 11.1. The highest BCUT2D eigenvalue weighted by molar-refractivity contribution is 6.10. The zero-order valence-electron chi connectivity index (χ0n) is 7.03. The highest BCUT2D eigenvalue weighted by Crippen LogP contribution is 2.17. The Kier molecular flexibility index (Phi) is 2.80. The van der Waals surface area contributed by atoms with Crippen LogP contribution < -0.4 is 4.65 Å². The molecular weight excluding hydrogens is 154 g/mol. The fraction of sp³-hybridized carbons (Fsp3) is 0. The van der Waals surface area contributed by atoms with Crippen molar-refractivity contribution in [2.75, 3.05) is 0 Å². The van der Waals surface area contributed by atoms with Crippen LogP contribution in [0.4, 0.5) is 0 Å². The van der Waals surface area contributed by atoms with Crippen LogP contribution in [0.25, 0.3) is 0 Å². The van der Waals surface area contributed by atoms with E-state index in [1.807, 2.05) is 0 Å². The molecule has 1 rings (SSSR count). The van der Waals surface area contributed by atoms with E-state index in [1.165, 1.54) is 16.1 Å². The van der Waals surface area contributed by atoms with Gasteiger partial charge in [0.1, 0.15) is 5.75 Å². The van der Waals surface area contributed by atoms with Crippen molar-refractivity contribution in [1.29, 1.82) is 0 Å². The summed E-state index contributed by atoms with van der Waals surface area (Å²) < 4.78 is 9.53. The fourth-order valence-electron chi connectivity index (χ4n) is 0.923. The van der Waals surface area contributed by atoms with Gasteiger partial charge in [0.25, 0.3) is 0 Å². The molecule has 12 heavy (non-hydrogen) atoms. The number of carbonyl (C=O) groups is 1. The van der Waals surface area contributed by atoms with Gasteiger partial charge < -0.3 is 9.31 Å². The number of hydrogen-bond acceptors (Lipinski definition) is 3. The van der Waals surface area contributed by atoms with E-state index in [4.69, 9.17) is 4.65 Å². The van der Waals surface area contributed by atoms with E-state index >= 15 is 0 Å². The lowest BCUT2D eigenvalue weighted by molar-refractivity contribution is 0.0748. The quantitative estimate of drug-likeness (QED) is 0.540. The molecule has 0 saturated heterocycles. The maximum absolute atomic E-state index is 11.1. The van der Waals surface area contributed by atoms with Gasteiger partial charge in [0.2, 0.25) is 0 Å². The van der Waals surface area contributed by atoms with Gasteiger partial charge in [0, 0.05) is 0 Å². The molecule has 0 radical (unpaired) electrons. The Morgan fingerprint density at radius 3 is 2.50 bits per heavy atom. The third kappa shape index (κ3) is 1.61. The molecule has 0 heterocycles. The van der Waals surface area contributed by atoms with Gasteiger partial charge in [-0.1, -0.05) is 12.1 Å². The molecule has 0 aliphatic heterocycles. The first-order valence-electron chi connectivity index (χ1n) is 3.51. The molecule has 0 fully saturated rings. The fourth-order valence-corrected chi connectivity index (χ4v) is 0.923. The number of hydrogen-bond donors (Lipinski definition) is 0. The Bertz CT molecular complexity index is 288. The Balaban J connectivity index is 3.04. The SMILES string of the molecule is BOC(=O)c1ccccc1OB. The van der Waals surface area contributed by atoms with Gasteiger partial charge in [-0.05, 0) is 12.1 Å². The molecule has 0 spiro atoms. The Morgan fingerprint density at radius 1 is 1.25 bits per heavy atom. The second-order valence-electron chi connectivity index (χ2n) is 2.19. The van der Waals surface area contributed by atoms with Crippen molar-refractivity contribution < 1.29 is 14.1 Å². The molecule has 0 aliphatic rings. The van der Waals surface area contributed by atoms with Gasteiger partial charge in [-0.2, -0.15) is 0 Å². The summed E-state index contributed by atoms with van der Waals surface area (Å²) in [6, 6.07) is 6.93. The third-order valence-electron chi connectivity index (χ3n) is 1.51. The molecule has 0 N–H and O–H groups in total. The van der Waals surface area contributed by atoms with Crippen molar-refractivity contribution in [3.8, 4) is 5.75 Å². The average Bonchev–Trinajstić information content (AvgIpc) is 2.16. The molecule has 0 amide bonds. The largest absolute Gasteiger partial charge is 0.567 e. The van der Waals surface area contributed by atoms with Gasteiger partial charge in [-0.15, -0.1) is 0 Å². The molecule has 5 heteroatoms. The van der Waals surface area contributed by atoms with Gasteiger partial charge in [-0.3, -0.25) is 0 Å². The van der Waals surface area contributed by atoms with Crippen molar-refractivity contribution in [2.45, 2.75) is 0 Å². The van der Waals surface area contributed by atoms with Gasteiger partial charge in [-0.25, -0.2) is 4.79 Å². The second-order valence-corrected chi connectivity index (χ2v) is 2.19. The summed E-state index contributed by atoms with van der Waals surface area (Å²) in [5, 5.41) is 0. The van der Waals surface area contributed by atoms with Gasteiger partial charge >= 0.3 is 22.1 Å². The van der Waals surface area contributed by atoms with Crippen molar-refractivity contribution in [2.24, 2.45) is 0 Å². The van der Waals surface area contributed by atoms with E-state index in [2.05, 4.69) is 4.65 Å². The summed E-state index contributed by atoms with van der Waals surface area (Å²) in [5.74, 6) is 0.150. The van der Waals surface area contributed by atoms with E-state index in [-0.39, 0.29) is 5.97 Å². The van der Waals surface area contributed by atoms with Gasteiger partial charge in [0.05, 0.1) is 5.56 Å². The van der Waals surface area contributed by atoms with Crippen molar-refractivity contribution in [1.82, 2.24) is 0 Å². The minimum atomic E-state index is -0.382. The zero-order chi connectivity index (χ0) is 8.97. The van der Waals surface area contributed by atoms with Crippen LogP contribution in [0, 0.1) is 0 Å². The Hall–Kier alpha value is -1.38. The molecule has 60 valence electrons. The zero-order valence-corrected chi connectivity index (χ0v) is 7.03. The highest BCUT2D eigenvalue weighted by Gasteiger charge is 2.09. The maximum atomic E-state index is 11.1. The predicted molar refractivity (Wildman–Crippen MR) is 49.6 cm³/mol. The van der Waals surface area contributed by atoms with E-state index in [0.717, 1.165) is 0 Å². The van der Waals surface area contributed by atoms with Crippen LogP contribution in [-0.2, 0) is 4.65 Å². The summed E-state index contributed by atoms with van der Waals surface area (Å²) >= 11 is 0. The van der Waals surface area contributed by atoms with Crippen molar-refractivity contribution in [3.63, 3.8) is 0 Å². The lowest BCUT2D eigenvalue weighted by Gasteiger charge is -2.06. The highest BCUT2D eigenvalue weighted by atomic mass is 16.5.